The first-order valence-corrected chi connectivity index (χ1v) is 21.7. The van der Waals surface area contributed by atoms with E-state index in [0.717, 1.165) is 40.7 Å². The highest BCUT2D eigenvalue weighted by Gasteiger charge is 2.39. The van der Waals surface area contributed by atoms with Gasteiger partial charge in [0.15, 0.2) is 11.6 Å². The molecule has 0 fully saturated rings. The van der Waals surface area contributed by atoms with E-state index in [-0.39, 0.29) is 16.2 Å². The lowest BCUT2D eigenvalue weighted by Gasteiger charge is -2.42. The van der Waals surface area contributed by atoms with Gasteiger partial charge in [0.2, 0.25) is 5.95 Å². The zero-order chi connectivity index (χ0) is 41.4. The highest BCUT2D eigenvalue weighted by molar-refractivity contribution is 6.29. The first-order chi connectivity index (χ1) is 29.5. The second kappa shape index (κ2) is 12.6. The molecule has 0 radical (unpaired) electrons. The predicted octanol–water partition coefficient (Wildman–Crippen LogP) is 14.1. The van der Waals surface area contributed by atoms with Gasteiger partial charge in [0.1, 0.15) is 0 Å². The van der Waals surface area contributed by atoms with Crippen molar-refractivity contribution in [3.05, 3.63) is 174 Å². The fraction of sp³-hybridized carbons (Fsp3) is 0.196. The molecule has 2 aliphatic rings. The Kier molecular flexibility index (Phi) is 7.44. The van der Waals surface area contributed by atoms with E-state index in [9.17, 15) is 0 Å². The third-order valence-electron chi connectivity index (χ3n) is 14.3. The number of fused-ring (bicyclic) bond motifs is 11. The quantitative estimate of drug-likeness (QED) is 0.178. The lowest BCUT2D eigenvalue weighted by Crippen LogP contribution is -2.33. The van der Waals surface area contributed by atoms with Crippen LogP contribution in [0, 0.1) is 0 Å². The predicted molar refractivity (Wildman–Crippen MR) is 252 cm³/mol. The summed E-state index contributed by atoms with van der Waals surface area (Å²) in [6.45, 7) is 14.3. The Labute approximate surface area is 356 Å². The van der Waals surface area contributed by atoms with Crippen molar-refractivity contribution in [2.75, 3.05) is 0 Å². The van der Waals surface area contributed by atoms with Crippen LogP contribution in [0.15, 0.2) is 152 Å². The van der Waals surface area contributed by atoms with Crippen molar-refractivity contribution in [2.24, 2.45) is 0 Å². The number of para-hydroxylation sites is 2. The van der Waals surface area contributed by atoms with E-state index in [0.29, 0.717) is 17.6 Å². The Morgan fingerprint density at radius 3 is 1.79 bits per heavy atom. The second-order valence-corrected chi connectivity index (χ2v) is 19.1. The van der Waals surface area contributed by atoms with Crippen LogP contribution >= 0.6 is 0 Å². The number of rotatable bonds is 4. The first kappa shape index (κ1) is 36.0. The maximum Gasteiger partial charge on any atom is 0.238 e. The van der Waals surface area contributed by atoms with E-state index in [1.54, 1.807) is 0 Å². The van der Waals surface area contributed by atoms with Gasteiger partial charge in [-0.15, -0.1) is 0 Å². The van der Waals surface area contributed by atoms with Crippen LogP contribution < -0.4 is 0 Å². The van der Waals surface area contributed by atoms with Crippen LogP contribution in [-0.4, -0.2) is 24.1 Å². The molecule has 0 bridgehead atoms. The summed E-state index contributed by atoms with van der Waals surface area (Å²) in [6.07, 6.45) is 2.32. The molecule has 3 aromatic heterocycles. The van der Waals surface area contributed by atoms with Crippen molar-refractivity contribution in [1.29, 1.82) is 0 Å². The van der Waals surface area contributed by atoms with Gasteiger partial charge in [-0.05, 0) is 99.5 Å². The average molecular weight is 790 g/mol. The van der Waals surface area contributed by atoms with Crippen molar-refractivity contribution >= 4 is 43.6 Å². The van der Waals surface area contributed by atoms with Crippen LogP contribution in [0.4, 0.5) is 0 Å². The molecule has 0 saturated carbocycles. The van der Waals surface area contributed by atoms with Crippen LogP contribution in [-0.2, 0) is 16.2 Å². The van der Waals surface area contributed by atoms with Gasteiger partial charge in [-0.2, -0.15) is 9.97 Å². The van der Waals surface area contributed by atoms with Gasteiger partial charge in [-0.3, -0.25) is 4.57 Å². The van der Waals surface area contributed by atoms with Crippen LogP contribution in [0.25, 0.3) is 89.2 Å². The number of hydrogen-bond donors (Lipinski definition) is 0. The third kappa shape index (κ3) is 5.10. The van der Waals surface area contributed by atoms with Crippen LogP contribution in [0.2, 0.25) is 0 Å². The monoisotopic (exact) mass is 789 g/mol. The minimum atomic E-state index is -0.151. The van der Waals surface area contributed by atoms with Gasteiger partial charge in [-0.1, -0.05) is 151 Å². The lowest BCUT2D eigenvalue weighted by atomic mass is 9.63. The van der Waals surface area contributed by atoms with Gasteiger partial charge in [0.05, 0.1) is 22.1 Å². The molecule has 5 heteroatoms. The number of benzene rings is 7. The largest absolute Gasteiger partial charge is 0.309 e. The molecular formula is C56H47N5. The van der Waals surface area contributed by atoms with E-state index in [4.69, 9.17) is 15.0 Å². The molecule has 0 N–H and O–H groups in total. The molecule has 61 heavy (non-hydrogen) atoms. The Morgan fingerprint density at radius 2 is 1.02 bits per heavy atom. The number of aromatic nitrogens is 5. The second-order valence-electron chi connectivity index (χ2n) is 19.1. The average Bonchev–Trinajstić information content (AvgIpc) is 3.88. The number of hydrogen-bond acceptors (Lipinski definition) is 3. The summed E-state index contributed by atoms with van der Waals surface area (Å²) in [5.74, 6) is 1.91. The fourth-order valence-electron chi connectivity index (χ4n) is 10.9. The zero-order valence-electron chi connectivity index (χ0n) is 35.6. The third-order valence-corrected chi connectivity index (χ3v) is 14.3. The van der Waals surface area contributed by atoms with Crippen molar-refractivity contribution in [1.82, 2.24) is 24.1 Å². The molecule has 0 unspecified atom stereocenters. The molecule has 2 aliphatic carbocycles. The maximum absolute atomic E-state index is 5.49. The molecule has 0 amide bonds. The van der Waals surface area contributed by atoms with E-state index in [2.05, 4.69) is 196 Å². The Bertz CT molecular complexity index is 3440. The van der Waals surface area contributed by atoms with E-state index in [1.807, 2.05) is 6.07 Å². The fourth-order valence-corrected chi connectivity index (χ4v) is 10.9. The van der Waals surface area contributed by atoms with Gasteiger partial charge in [0, 0.05) is 43.8 Å². The summed E-state index contributed by atoms with van der Waals surface area (Å²) in [4.78, 5) is 16.2. The summed E-state index contributed by atoms with van der Waals surface area (Å²) in [7, 11) is 0. The molecule has 296 valence electrons. The molecular weight excluding hydrogens is 743 g/mol. The Hall–Kier alpha value is -6.85. The van der Waals surface area contributed by atoms with Gasteiger partial charge >= 0.3 is 0 Å². The van der Waals surface area contributed by atoms with Crippen molar-refractivity contribution in [3.8, 4) is 45.5 Å². The van der Waals surface area contributed by atoms with Crippen molar-refractivity contribution in [2.45, 2.75) is 70.6 Å². The molecule has 3 heterocycles. The summed E-state index contributed by atoms with van der Waals surface area (Å²) >= 11 is 0. The minimum Gasteiger partial charge on any atom is -0.309 e. The van der Waals surface area contributed by atoms with E-state index in [1.165, 1.54) is 66.0 Å². The highest BCUT2D eigenvalue weighted by atomic mass is 15.2. The van der Waals surface area contributed by atoms with Crippen molar-refractivity contribution in [3.63, 3.8) is 0 Å². The van der Waals surface area contributed by atoms with Crippen LogP contribution in [0.1, 0.15) is 76.6 Å². The molecule has 7 aromatic carbocycles. The van der Waals surface area contributed by atoms with Gasteiger partial charge < -0.3 is 4.57 Å². The Balaban J connectivity index is 1.20. The van der Waals surface area contributed by atoms with Crippen LogP contribution in [0.3, 0.4) is 0 Å². The molecule has 0 atom stereocenters. The Morgan fingerprint density at radius 1 is 0.426 bits per heavy atom. The normalized spacial score (nSPS) is 16.0. The molecule has 0 aliphatic heterocycles. The van der Waals surface area contributed by atoms with E-state index >= 15 is 0 Å². The molecule has 0 spiro atoms. The van der Waals surface area contributed by atoms with E-state index < -0.39 is 0 Å². The van der Waals surface area contributed by atoms with Gasteiger partial charge in [0.25, 0.3) is 0 Å². The topological polar surface area (TPSA) is 48.5 Å². The maximum atomic E-state index is 5.49. The molecule has 10 aromatic rings. The SMILES string of the molecule is CC1(C)CCC(C)(C)c2cc3c(cc21)c1c2c4ccccc4n(-c4nc(-c5ccccc5)nc(-c5cccc6c5-c5ccccc5C6(C)C)n4)c2ccc1n3-c1ccccc1. The molecule has 12 rings (SSSR count). The summed E-state index contributed by atoms with van der Waals surface area (Å²) < 4.78 is 4.76. The lowest BCUT2D eigenvalue weighted by molar-refractivity contribution is 0.332. The zero-order valence-corrected chi connectivity index (χ0v) is 35.6. The smallest absolute Gasteiger partial charge is 0.238 e. The van der Waals surface area contributed by atoms with Crippen molar-refractivity contribution < 1.29 is 0 Å². The molecule has 0 saturated heterocycles. The first-order valence-electron chi connectivity index (χ1n) is 21.7. The van der Waals surface area contributed by atoms with Crippen LogP contribution in [0.5, 0.6) is 0 Å². The summed E-state index contributed by atoms with van der Waals surface area (Å²) in [6, 6.07) is 55.1. The molecule has 5 nitrogen and oxygen atoms in total. The standard InChI is InChI=1S/C56H47N5/c1-54(2)30-31-55(3,4)43-33-47-39(32-42(43)54)50-45(60(47)35-20-11-8-12-21-35)28-29-46-49(50)37-23-14-16-27-44(37)61(46)53-58-51(34-18-9-7-10-19-34)57-52(59-53)38-24-17-26-41-48(38)36-22-13-15-25-40(36)56(41,5)6/h7-29,32-33H,30-31H2,1-6H3. The summed E-state index contributed by atoms with van der Waals surface area (Å²) in [5.41, 5.74) is 15.6. The minimum absolute atomic E-state index is 0.0601. The van der Waals surface area contributed by atoms with Gasteiger partial charge in [-0.25, -0.2) is 4.98 Å². The highest BCUT2D eigenvalue weighted by Crippen LogP contribution is 2.53. The summed E-state index contributed by atoms with van der Waals surface area (Å²) in [5, 5.41) is 4.91. The number of nitrogens with zero attached hydrogens (tertiary/aromatic N) is 5.